The zero-order valence-electron chi connectivity index (χ0n) is 16.1. The van der Waals surface area contributed by atoms with E-state index in [0.717, 1.165) is 17.5 Å². The van der Waals surface area contributed by atoms with Crippen LogP contribution in [-0.4, -0.2) is 34.0 Å². The molecule has 3 heterocycles. The Morgan fingerprint density at radius 2 is 2.10 bits per heavy atom. The lowest BCUT2D eigenvalue weighted by Gasteiger charge is -2.39. The Labute approximate surface area is 168 Å². The van der Waals surface area contributed by atoms with E-state index in [4.69, 9.17) is 5.73 Å². The number of rotatable bonds is 4. The van der Waals surface area contributed by atoms with Crippen LogP contribution >= 0.6 is 0 Å². The SMILES string of the molecule is Cc1cc(F)ccc1-c1ccc(N)c(NC(=O)N2CC(Cc3cccnc3)C2)n1. The molecule has 0 saturated carbocycles. The molecule has 0 atom stereocenters. The Bertz CT molecular complexity index is 1030. The van der Waals surface area contributed by atoms with Crippen LogP contribution in [0.5, 0.6) is 0 Å². The van der Waals surface area contributed by atoms with Gasteiger partial charge in [-0.3, -0.25) is 10.3 Å². The van der Waals surface area contributed by atoms with Crippen LogP contribution in [0.3, 0.4) is 0 Å². The van der Waals surface area contributed by atoms with Gasteiger partial charge < -0.3 is 10.6 Å². The summed E-state index contributed by atoms with van der Waals surface area (Å²) in [4.78, 5) is 22.9. The number of nitrogens with zero attached hydrogens (tertiary/aromatic N) is 3. The molecule has 1 aliphatic heterocycles. The fraction of sp³-hybridized carbons (Fsp3) is 0.227. The number of hydrogen-bond donors (Lipinski definition) is 2. The number of nitrogens with one attached hydrogen (secondary N) is 1. The van der Waals surface area contributed by atoms with Crippen LogP contribution < -0.4 is 11.1 Å². The fourth-order valence-corrected chi connectivity index (χ4v) is 3.53. The van der Waals surface area contributed by atoms with Gasteiger partial charge in [-0.1, -0.05) is 6.07 Å². The Balaban J connectivity index is 1.41. The number of aromatic nitrogens is 2. The summed E-state index contributed by atoms with van der Waals surface area (Å²) in [5, 5.41) is 2.80. The van der Waals surface area contributed by atoms with E-state index in [1.165, 1.54) is 17.7 Å². The number of nitrogens with two attached hydrogens (primary N) is 1. The van der Waals surface area contributed by atoms with Crippen LogP contribution in [0.4, 0.5) is 20.7 Å². The maximum Gasteiger partial charge on any atom is 0.323 e. The van der Waals surface area contributed by atoms with E-state index in [2.05, 4.69) is 15.3 Å². The van der Waals surface area contributed by atoms with Crippen LogP contribution in [0, 0.1) is 18.7 Å². The molecule has 0 unspecified atom stereocenters. The summed E-state index contributed by atoms with van der Waals surface area (Å²) < 4.78 is 13.4. The van der Waals surface area contributed by atoms with E-state index in [1.54, 1.807) is 29.3 Å². The first-order chi connectivity index (χ1) is 14.0. The number of amides is 2. The van der Waals surface area contributed by atoms with Crippen LogP contribution in [-0.2, 0) is 6.42 Å². The summed E-state index contributed by atoms with van der Waals surface area (Å²) in [7, 11) is 0. The lowest BCUT2D eigenvalue weighted by molar-refractivity contribution is 0.131. The first-order valence-corrected chi connectivity index (χ1v) is 9.47. The molecule has 29 heavy (non-hydrogen) atoms. The first-order valence-electron chi connectivity index (χ1n) is 9.47. The molecule has 6 nitrogen and oxygen atoms in total. The standard InChI is InChI=1S/C22H22FN5O/c1-14-9-17(23)4-5-18(14)20-7-6-19(24)21(26-20)27-22(29)28-12-16(13-28)10-15-3-2-8-25-11-15/h2-9,11,16H,10,12-13,24H2,1H3,(H,26,27,29). The van der Waals surface area contributed by atoms with Crippen molar-refractivity contribution in [2.45, 2.75) is 13.3 Å². The third-order valence-corrected chi connectivity index (χ3v) is 5.11. The third kappa shape index (κ3) is 4.18. The molecule has 3 N–H and O–H groups in total. The van der Waals surface area contributed by atoms with Gasteiger partial charge in [-0.05, 0) is 66.8 Å². The molecule has 0 bridgehead atoms. The quantitative estimate of drug-likeness (QED) is 0.707. The molecule has 1 saturated heterocycles. The monoisotopic (exact) mass is 391 g/mol. The van der Waals surface area contributed by atoms with Crippen molar-refractivity contribution in [3.8, 4) is 11.3 Å². The number of carbonyl (C=O) groups excluding carboxylic acids is 1. The zero-order chi connectivity index (χ0) is 20.4. The molecule has 1 fully saturated rings. The van der Waals surface area contributed by atoms with Gasteiger partial charge in [0.25, 0.3) is 0 Å². The van der Waals surface area contributed by atoms with Crippen LogP contribution in [0.2, 0.25) is 0 Å². The average molecular weight is 391 g/mol. The van der Waals surface area contributed by atoms with E-state index in [-0.39, 0.29) is 11.8 Å². The van der Waals surface area contributed by atoms with Gasteiger partial charge in [-0.15, -0.1) is 0 Å². The number of anilines is 2. The molecule has 148 valence electrons. The van der Waals surface area contributed by atoms with Gasteiger partial charge in [-0.2, -0.15) is 0 Å². The average Bonchev–Trinajstić information content (AvgIpc) is 2.67. The smallest absolute Gasteiger partial charge is 0.323 e. The third-order valence-electron chi connectivity index (χ3n) is 5.11. The van der Waals surface area contributed by atoms with E-state index in [9.17, 15) is 9.18 Å². The molecule has 1 aromatic carbocycles. The molecule has 3 aromatic rings. The molecule has 1 aliphatic rings. The van der Waals surface area contributed by atoms with Gasteiger partial charge in [0.1, 0.15) is 5.82 Å². The topological polar surface area (TPSA) is 84.1 Å². The summed E-state index contributed by atoms with van der Waals surface area (Å²) in [5.41, 5.74) is 9.75. The highest BCUT2D eigenvalue weighted by atomic mass is 19.1. The predicted molar refractivity (Wildman–Crippen MR) is 111 cm³/mol. The van der Waals surface area contributed by atoms with E-state index >= 15 is 0 Å². The number of likely N-dealkylation sites (tertiary alicyclic amines) is 1. The maximum atomic E-state index is 13.4. The lowest BCUT2D eigenvalue weighted by Crippen LogP contribution is -2.52. The predicted octanol–water partition coefficient (Wildman–Crippen LogP) is 3.88. The van der Waals surface area contributed by atoms with Crippen molar-refractivity contribution in [1.82, 2.24) is 14.9 Å². The van der Waals surface area contributed by atoms with Crippen molar-refractivity contribution < 1.29 is 9.18 Å². The molecule has 2 aromatic heterocycles. The number of halogens is 1. The van der Waals surface area contributed by atoms with Crippen molar-refractivity contribution >= 4 is 17.5 Å². The van der Waals surface area contributed by atoms with E-state index < -0.39 is 0 Å². The first kappa shape index (κ1) is 18.9. The second-order valence-corrected chi connectivity index (χ2v) is 7.36. The number of urea groups is 1. The number of aryl methyl sites for hydroxylation is 1. The van der Waals surface area contributed by atoms with Crippen molar-refractivity contribution in [3.05, 3.63) is 71.8 Å². The van der Waals surface area contributed by atoms with Crippen molar-refractivity contribution in [2.75, 3.05) is 24.1 Å². The molecular formula is C22H22FN5O. The summed E-state index contributed by atoms with van der Waals surface area (Å²) in [6.07, 6.45) is 4.51. The van der Waals surface area contributed by atoms with Gasteiger partial charge in [0, 0.05) is 31.0 Å². The van der Waals surface area contributed by atoms with Gasteiger partial charge in [-0.25, -0.2) is 14.2 Å². The minimum Gasteiger partial charge on any atom is -0.396 e. The number of hydrogen-bond acceptors (Lipinski definition) is 4. The normalized spacial score (nSPS) is 13.8. The molecule has 0 aliphatic carbocycles. The van der Waals surface area contributed by atoms with Gasteiger partial charge in [0.2, 0.25) is 0 Å². The highest BCUT2D eigenvalue weighted by Crippen LogP contribution is 2.27. The van der Waals surface area contributed by atoms with E-state index in [1.807, 2.05) is 25.3 Å². The molecule has 0 spiro atoms. The zero-order valence-corrected chi connectivity index (χ0v) is 16.1. The minimum atomic E-state index is -0.297. The Morgan fingerprint density at radius 3 is 2.83 bits per heavy atom. The van der Waals surface area contributed by atoms with Gasteiger partial charge >= 0.3 is 6.03 Å². The summed E-state index contributed by atoms with van der Waals surface area (Å²) in [6.45, 7) is 3.17. The van der Waals surface area contributed by atoms with Crippen molar-refractivity contribution in [2.24, 2.45) is 5.92 Å². The lowest BCUT2D eigenvalue weighted by atomic mass is 9.93. The highest BCUT2D eigenvalue weighted by molar-refractivity contribution is 5.92. The number of carbonyl (C=O) groups is 1. The van der Waals surface area contributed by atoms with E-state index in [0.29, 0.717) is 36.2 Å². The van der Waals surface area contributed by atoms with Crippen molar-refractivity contribution in [1.29, 1.82) is 0 Å². The molecule has 0 radical (unpaired) electrons. The van der Waals surface area contributed by atoms with Gasteiger partial charge in [0.05, 0.1) is 11.4 Å². The summed E-state index contributed by atoms with van der Waals surface area (Å²) >= 11 is 0. The summed E-state index contributed by atoms with van der Waals surface area (Å²) in [6, 6.07) is 11.7. The minimum absolute atomic E-state index is 0.223. The Morgan fingerprint density at radius 1 is 1.28 bits per heavy atom. The second kappa shape index (κ2) is 7.87. The Hall–Kier alpha value is -3.48. The van der Waals surface area contributed by atoms with Crippen molar-refractivity contribution in [3.63, 3.8) is 0 Å². The fourth-order valence-electron chi connectivity index (χ4n) is 3.53. The summed E-state index contributed by atoms with van der Waals surface area (Å²) in [5.74, 6) is 0.434. The second-order valence-electron chi connectivity index (χ2n) is 7.36. The van der Waals surface area contributed by atoms with Crippen LogP contribution in [0.25, 0.3) is 11.3 Å². The molecular weight excluding hydrogens is 369 g/mol. The molecule has 2 amide bonds. The molecule has 7 heteroatoms. The van der Waals surface area contributed by atoms with Crippen LogP contribution in [0.1, 0.15) is 11.1 Å². The van der Waals surface area contributed by atoms with Gasteiger partial charge in [0.15, 0.2) is 5.82 Å². The van der Waals surface area contributed by atoms with Crippen LogP contribution in [0.15, 0.2) is 54.9 Å². The maximum absolute atomic E-state index is 13.4. The number of nitrogen functional groups attached to an aromatic ring is 1. The molecule has 4 rings (SSSR count). The largest absolute Gasteiger partial charge is 0.396 e. The Kier molecular flexibility index (Phi) is 5.12. The number of benzene rings is 1. The number of pyridine rings is 2. The highest BCUT2D eigenvalue weighted by Gasteiger charge is 2.31.